The second-order valence-corrected chi connectivity index (χ2v) is 3.70. The molecule has 0 aliphatic carbocycles. The van der Waals surface area contributed by atoms with Crippen LogP contribution in [0.3, 0.4) is 0 Å². The van der Waals surface area contributed by atoms with Gasteiger partial charge in [0.1, 0.15) is 5.76 Å². The smallest absolute Gasteiger partial charge is 0.289 e. The lowest BCUT2D eigenvalue weighted by Gasteiger charge is -2.19. The molecule has 1 rings (SSSR count). The molecule has 0 saturated heterocycles. The minimum Gasteiger partial charge on any atom is -0.456 e. The van der Waals surface area contributed by atoms with Gasteiger partial charge in [-0.05, 0) is 18.6 Å². The summed E-state index contributed by atoms with van der Waals surface area (Å²) < 4.78 is 5.44. The zero-order chi connectivity index (χ0) is 12.0. The van der Waals surface area contributed by atoms with E-state index in [1.54, 1.807) is 11.0 Å². The molecule has 0 aromatic carbocycles. The van der Waals surface area contributed by atoms with Gasteiger partial charge in [0.15, 0.2) is 5.76 Å². The van der Waals surface area contributed by atoms with Gasteiger partial charge in [0, 0.05) is 26.1 Å². The van der Waals surface area contributed by atoms with E-state index < -0.39 is 0 Å². The largest absolute Gasteiger partial charge is 0.456 e. The summed E-state index contributed by atoms with van der Waals surface area (Å²) in [6.45, 7) is 5.81. The highest BCUT2D eigenvalue weighted by Crippen LogP contribution is 2.11. The average molecular weight is 224 g/mol. The molecule has 16 heavy (non-hydrogen) atoms. The first-order valence-corrected chi connectivity index (χ1v) is 5.81. The first-order chi connectivity index (χ1) is 7.72. The van der Waals surface area contributed by atoms with Crippen LogP contribution >= 0.6 is 0 Å². The molecule has 1 amide bonds. The second-order valence-electron chi connectivity index (χ2n) is 3.70. The van der Waals surface area contributed by atoms with Crippen LogP contribution in [-0.2, 0) is 6.42 Å². The molecule has 1 heterocycles. The van der Waals surface area contributed by atoms with E-state index in [1.807, 2.05) is 19.9 Å². The zero-order valence-electron chi connectivity index (χ0n) is 10.0. The van der Waals surface area contributed by atoms with Gasteiger partial charge in [-0.3, -0.25) is 4.79 Å². The molecule has 90 valence electrons. The number of nitrogens with zero attached hydrogens (tertiary/aromatic N) is 1. The number of aryl methyl sites for hydroxylation is 1. The van der Waals surface area contributed by atoms with Crippen molar-refractivity contribution >= 4 is 5.91 Å². The number of hydrogen-bond acceptors (Lipinski definition) is 3. The molecular formula is C12H20N2O2. The van der Waals surface area contributed by atoms with E-state index in [0.717, 1.165) is 25.1 Å². The molecule has 4 nitrogen and oxygen atoms in total. The van der Waals surface area contributed by atoms with Crippen LogP contribution in [0.25, 0.3) is 0 Å². The van der Waals surface area contributed by atoms with Crippen molar-refractivity contribution in [1.29, 1.82) is 0 Å². The number of rotatable bonds is 6. The van der Waals surface area contributed by atoms with Crippen LogP contribution in [0.4, 0.5) is 0 Å². The van der Waals surface area contributed by atoms with Gasteiger partial charge in [0.2, 0.25) is 0 Å². The molecule has 0 saturated carbocycles. The summed E-state index contributed by atoms with van der Waals surface area (Å²) in [5.74, 6) is 1.19. The zero-order valence-corrected chi connectivity index (χ0v) is 10.0. The molecule has 0 radical (unpaired) electrons. The summed E-state index contributed by atoms with van der Waals surface area (Å²) in [7, 11) is 0. The monoisotopic (exact) mass is 224 g/mol. The van der Waals surface area contributed by atoms with E-state index in [0.29, 0.717) is 18.8 Å². The van der Waals surface area contributed by atoms with Gasteiger partial charge in [-0.2, -0.15) is 0 Å². The maximum atomic E-state index is 12.0. The molecule has 0 unspecified atom stereocenters. The van der Waals surface area contributed by atoms with Crippen LogP contribution in [0.1, 0.15) is 36.6 Å². The molecule has 1 aromatic heterocycles. The predicted octanol–water partition coefficient (Wildman–Crippen LogP) is 1.65. The Kier molecular flexibility index (Phi) is 5.05. The first kappa shape index (κ1) is 12.8. The molecule has 0 spiro atoms. The number of furan rings is 1. The maximum absolute atomic E-state index is 12.0. The van der Waals surface area contributed by atoms with Gasteiger partial charge < -0.3 is 15.1 Å². The summed E-state index contributed by atoms with van der Waals surface area (Å²) in [6, 6.07) is 3.58. The Morgan fingerprint density at radius 2 is 2.12 bits per heavy atom. The van der Waals surface area contributed by atoms with E-state index in [4.69, 9.17) is 10.2 Å². The number of amides is 1. The van der Waals surface area contributed by atoms with E-state index in [-0.39, 0.29) is 5.91 Å². The summed E-state index contributed by atoms with van der Waals surface area (Å²) >= 11 is 0. The maximum Gasteiger partial charge on any atom is 0.289 e. The molecule has 0 atom stereocenters. The van der Waals surface area contributed by atoms with Crippen molar-refractivity contribution < 1.29 is 9.21 Å². The molecule has 1 aromatic rings. The van der Waals surface area contributed by atoms with Crippen LogP contribution in [0.15, 0.2) is 16.5 Å². The minimum absolute atomic E-state index is 0.0630. The third kappa shape index (κ3) is 3.10. The number of nitrogens with two attached hydrogens (primary N) is 1. The number of hydrogen-bond donors (Lipinski definition) is 1. The Hall–Kier alpha value is -1.29. The Morgan fingerprint density at radius 3 is 2.62 bits per heavy atom. The Balaban J connectivity index is 2.72. The van der Waals surface area contributed by atoms with Crippen molar-refractivity contribution in [2.24, 2.45) is 5.73 Å². The Labute approximate surface area is 96.4 Å². The summed E-state index contributed by atoms with van der Waals surface area (Å²) in [6.07, 6.45) is 1.73. The molecule has 4 heteroatoms. The standard InChI is InChI=1S/C12H20N2O2/c1-3-8-14(9-7-13)12(15)11-6-5-10(4-2)16-11/h5-6H,3-4,7-9,13H2,1-2H3. The fraction of sp³-hybridized carbons (Fsp3) is 0.583. The van der Waals surface area contributed by atoms with E-state index in [1.165, 1.54) is 0 Å². The van der Waals surface area contributed by atoms with Gasteiger partial charge in [-0.25, -0.2) is 0 Å². The minimum atomic E-state index is -0.0630. The lowest BCUT2D eigenvalue weighted by Crippen LogP contribution is -2.35. The van der Waals surface area contributed by atoms with Crippen molar-refractivity contribution in [2.75, 3.05) is 19.6 Å². The Bertz CT molecular complexity index is 328. The first-order valence-electron chi connectivity index (χ1n) is 5.81. The fourth-order valence-corrected chi connectivity index (χ4v) is 1.58. The summed E-state index contributed by atoms with van der Waals surface area (Å²) in [5, 5.41) is 0. The number of carbonyl (C=O) groups excluding carboxylic acids is 1. The van der Waals surface area contributed by atoms with Gasteiger partial charge in [0.05, 0.1) is 0 Å². The van der Waals surface area contributed by atoms with Gasteiger partial charge in [-0.1, -0.05) is 13.8 Å². The molecule has 2 N–H and O–H groups in total. The van der Waals surface area contributed by atoms with E-state index in [2.05, 4.69) is 0 Å². The highest BCUT2D eigenvalue weighted by atomic mass is 16.4. The van der Waals surface area contributed by atoms with Crippen molar-refractivity contribution in [1.82, 2.24) is 4.90 Å². The molecular weight excluding hydrogens is 204 g/mol. The summed E-state index contributed by atoms with van der Waals surface area (Å²) in [5.41, 5.74) is 5.48. The predicted molar refractivity (Wildman–Crippen MR) is 63.3 cm³/mol. The van der Waals surface area contributed by atoms with Crippen LogP contribution in [0.5, 0.6) is 0 Å². The van der Waals surface area contributed by atoms with Crippen molar-refractivity contribution in [3.8, 4) is 0 Å². The van der Waals surface area contributed by atoms with Crippen molar-refractivity contribution in [3.05, 3.63) is 23.7 Å². The Morgan fingerprint density at radius 1 is 1.38 bits per heavy atom. The van der Waals surface area contributed by atoms with Gasteiger partial charge in [0.25, 0.3) is 5.91 Å². The second kappa shape index (κ2) is 6.33. The third-order valence-electron chi connectivity index (χ3n) is 2.40. The quantitative estimate of drug-likeness (QED) is 0.799. The lowest BCUT2D eigenvalue weighted by molar-refractivity contribution is 0.0726. The normalized spacial score (nSPS) is 10.4. The van der Waals surface area contributed by atoms with Crippen LogP contribution < -0.4 is 5.73 Å². The molecule has 0 aliphatic rings. The topological polar surface area (TPSA) is 59.5 Å². The third-order valence-corrected chi connectivity index (χ3v) is 2.40. The lowest BCUT2D eigenvalue weighted by atomic mass is 10.3. The van der Waals surface area contributed by atoms with Crippen molar-refractivity contribution in [3.63, 3.8) is 0 Å². The highest BCUT2D eigenvalue weighted by Gasteiger charge is 2.17. The molecule has 0 bridgehead atoms. The average Bonchev–Trinajstić information content (AvgIpc) is 2.76. The van der Waals surface area contributed by atoms with Crippen LogP contribution in [-0.4, -0.2) is 30.4 Å². The SMILES string of the molecule is CCCN(CCN)C(=O)c1ccc(CC)o1. The van der Waals surface area contributed by atoms with Gasteiger partial charge >= 0.3 is 0 Å². The highest BCUT2D eigenvalue weighted by molar-refractivity contribution is 5.91. The van der Waals surface area contributed by atoms with Crippen LogP contribution in [0.2, 0.25) is 0 Å². The van der Waals surface area contributed by atoms with E-state index in [9.17, 15) is 4.79 Å². The van der Waals surface area contributed by atoms with Gasteiger partial charge in [-0.15, -0.1) is 0 Å². The number of carbonyl (C=O) groups is 1. The molecule has 0 fully saturated rings. The van der Waals surface area contributed by atoms with E-state index >= 15 is 0 Å². The van der Waals surface area contributed by atoms with Crippen LogP contribution in [0, 0.1) is 0 Å². The fourth-order valence-electron chi connectivity index (χ4n) is 1.58. The summed E-state index contributed by atoms with van der Waals surface area (Å²) in [4.78, 5) is 13.8. The van der Waals surface area contributed by atoms with Crippen molar-refractivity contribution in [2.45, 2.75) is 26.7 Å². The molecule has 0 aliphatic heterocycles.